The lowest BCUT2D eigenvalue weighted by Crippen LogP contribution is -2.60. The van der Waals surface area contributed by atoms with Crippen LogP contribution in [0.2, 0.25) is 0 Å². The third-order valence-corrected chi connectivity index (χ3v) is 11.0. The van der Waals surface area contributed by atoms with Gasteiger partial charge in [0.2, 0.25) is 0 Å². The zero-order chi connectivity index (χ0) is 43.2. The first kappa shape index (κ1) is 52.2. The summed E-state index contributed by atoms with van der Waals surface area (Å²) in [6.45, 7) is 16.8. The molecule has 11 N–H and O–H groups in total. The van der Waals surface area contributed by atoms with Gasteiger partial charge in [0.05, 0.1) is 31.5 Å². The van der Waals surface area contributed by atoms with Gasteiger partial charge in [0, 0.05) is 23.3 Å². The third kappa shape index (κ3) is 15.7. The van der Waals surface area contributed by atoms with Crippen LogP contribution in [0.15, 0.2) is 34.9 Å². The molecule has 18 atom stereocenters. The van der Waals surface area contributed by atoms with Gasteiger partial charge in [-0.2, -0.15) is 0 Å². The first-order chi connectivity index (χ1) is 26.0. The lowest BCUT2D eigenvalue weighted by molar-refractivity contribution is -0.317. The lowest BCUT2D eigenvalue weighted by Gasteiger charge is -2.42. The van der Waals surface area contributed by atoms with Crippen LogP contribution < -0.4 is 0 Å². The largest absolute Gasteiger partial charge is 0.459 e. The van der Waals surface area contributed by atoms with E-state index in [4.69, 9.17) is 19.3 Å². The number of ether oxygens (including phenoxy) is 3. The molecule has 0 aromatic heterocycles. The summed E-state index contributed by atoms with van der Waals surface area (Å²) in [5, 5.41) is 112. The zero-order valence-electron chi connectivity index (χ0n) is 34.9. The SMILES string of the molecule is CC[C@H](C)C[C@H](C)C[C@H](C)[C@@H](O[C@@H]1O[C@H](CO)[C@@H](O)[C@H](O)[C@@H]1O)[C@@H](C)/C=C(\C)[C@@H](O)[C@@H](C)/C=C(\C)[C@@H](O)[C@@H](C)/C=C(\C)C(=O)OC[C@H](O)[C@H](O)[C@@H](O)[C@@H](O)CO. The van der Waals surface area contributed by atoms with Crippen LogP contribution in [-0.2, 0) is 19.0 Å². The highest BCUT2D eigenvalue weighted by molar-refractivity contribution is 5.87. The van der Waals surface area contributed by atoms with Gasteiger partial charge < -0.3 is 70.4 Å². The van der Waals surface area contributed by atoms with E-state index in [-0.39, 0.29) is 17.4 Å². The highest BCUT2D eigenvalue weighted by Gasteiger charge is 2.45. The van der Waals surface area contributed by atoms with Crippen molar-refractivity contribution in [2.45, 2.75) is 162 Å². The molecule has 0 aliphatic carbocycles. The molecule has 15 heteroatoms. The average molecular weight is 807 g/mol. The highest BCUT2D eigenvalue weighted by Crippen LogP contribution is 2.33. The molecule has 56 heavy (non-hydrogen) atoms. The van der Waals surface area contributed by atoms with Gasteiger partial charge in [-0.25, -0.2) is 4.79 Å². The van der Waals surface area contributed by atoms with Crippen molar-refractivity contribution >= 4 is 5.97 Å². The van der Waals surface area contributed by atoms with Gasteiger partial charge in [0.1, 0.15) is 55.4 Å². The summed E-state index contributed by atoms with van der Waals surface area (Å²) in [6, 6.07) is 0. The summed E-state index contributed by atoms with van der Waals surface area (Å²) in [6.07, 6.45) is -8.89. The van der Waals surface area contributed by atoms with Gasteiger partial charge in [0.25, 0.3) is 0 Å². The lowest BCUT2D eigenvalue weighted by atomic mass is 9.82. The molecule has 0 aromatic carbocycles. The molecule has 0 saturated carbocycles. The Morgan fingerprint density at radius 3 is 1.73 bits per heavy atom. The van der Waals surface area contributed by atoms with Crippen LogP contribution in [0.25, 0.3) is 0 Å². The van der Waals surface area contributed by atoms with Crippen LogP contribution in [0.1, 0.15) is 88.5 Å². The molecule has 1 aliphatic rings. The van der Waals surface area contributed by atoms with Crippen molar-refractivity contribution < 1.29 is 75.2 Å². The second-order valence-electron chi connectivity index (χ2n) is 16.4. The molecule has 1 heterocycles. The predicted octanol–water partition coefficient (Wildman–Crippen LogP) is 0.718. The van der Waals surface area contributed by atoms with Crippen molar-refractivity contribution in [1.82, 2.24) is 0 Å². The zero-order valence-corrected chi connectivity index (χ0v) is 34.9. The Bertz CT molecular complexity index is 1240. The fourth-order valence-electron chi connectivity index (χ4n) is 7.36. The Morgan fingerprint density at radius 2 is 1.21 bits per heavy atom. The summed E-state index contributed by atoms with van der Waals surface area (Å²) in [5.41, 5.74) is 1.26. The maximum atomic E-state index is 12.5. The number of hydrogen-bond donors (Lipinski definition) is 11. The molecular formula is C41H74O15. The molecule has 1 fully saturated rings. The van der Waals surface area contributed by atoms with E-state index in [1.807, 2.05) is 19.9 Å². The van der Waals surface area contributed by atoms with E-state index in [0.29, 0.717) is 23.0 Å². The molecule has 0 spiro atoms. The molecule has 0 unspecified atom stereocenters. The fourth-order valence-corrected chi connectivity index (χ4v) is 7.36. The molecule has 15 nitrogen and oxygen atoms in total. The van der Waals surface area contributed by atoms with E-state index < -0.39 is 111 Å². The maximum absolute atomic E-state index is 12.5. The molecule has 328 valence electrons. The van der Waals surface area contributed by atoms with Crippen LogP contribution in [-0.4, -0.2) is 155 Å². The standard InChI is InChI=1S/C41H74O15/c1-11-20(2)12-21(3)13-26(8)39(56-41-38(52)37(51)36(50)31(18-43)55-41)27(9)15-24(6)32(46)22(4)14-23(5)33(47)25(7)16-28(10)40(53)54-19-30(45)35(49)34(48)29(44)17-42/h14-16,20-22,25-27,29-39,41-52H,11-13,17-19H2,1-10H3/b23-14+,24-15+,28-16+/t20-,21-,22-,25-,26-,27-,29-,30-,31+,32-,33+,34-,35-,36+,37-,38-,39+,41-/m0/s1. The van der Waals surface area contributed by atoms with E-state index in [1.54, 1.807) is 33.8 Å². The monoisotopic (exact) mass is 807 g/mol. The quantitative estimate of drug-likeness (QED) is 0.0365. The van der Waals surface area contributed by atoms with E-state index in [1.165, 1.54) is 13.0 Å². The molecule has 1 rings (SSSR count). The second-order valence-corrected chi connectivity index (χ2v) is 16.4. The summed E-state index contributed by atoms with van der Waals surface area (Å²) >= 11 is 0. The van der Waals surface area contributed by atoms with E-state index in [2.05, 4.69) is 20.8 Å². The topological polar surface area (TPSA) is 267 Å². The van der Waals surface area contributed by atoms with Crippen molar-refractivity contribution in [3.63, 3.8) is 0 Å². The summed E-state index contributed by atoms with van der Waals surface area (Å²) < 4.78 is 17.1. The minimum atomic E-state index is -1.88. The first-order valence-corrected chi connectivity index (χ1v) is 19.9. The van der Waals surface area contributed by atoms with Crippen molar-refractivity contribution in [1.29, 1.82) is 0 Å². The van der Waals surface area contributed by atoms with Crippen molar-refractivity contribution in [3.05, 3.63) is 34.9 Å². The molecule has 0 aromatic rings. The molecular weight excluding hydrogens is 732 g/mol. The van der Waals surface area contributed by atoms with Crippen LogP contribution in [0.4, 0.5) is 0 Å². The Hall–Kier alpha value is -1.83. The van der Waals surface area contributed by atoms with Crippen LogP contribution in [0.5, 0.6) is 0 Å². The van der Waals surface area contributed by atoms with E-state index in [9.17, 15) is 55.9 Å². The third-order valence-electron chi connectivity index (χ3n) is 11.0. The summed E-state index contributed by atoms with van der Waals surface area (Å²) in [7, 11) is 0. The first-order valence-electron chi connectivity index (χ1n) is 19.9. The Balaban J connectivity index is 3.12. The number of aliphatic hydroxyl groups is 11. The van der Waals surface area contributed by atoms with Crippen molar-refractivity contribution in [3.8, 4) is 0 Å². The molecule has 1 saturated heterocycles. The summed E-state index contributed by atoms with van der Waals surface area (Å²) in [4.78, 5) is 12.5. The van der Waals surface area contributed by atoms with Gasteiger partial charge in [0.15, 0.2) is 6.29 Å². The van der Waals surface area contributed by atoms with Gasteiger partial charge in [-0.3, -0.25) is 0 Å². The molecule has 1 aliphatic heterocycles. The number of carbonyl (C=O) groups is 1. The van der Waals surface area contributed by atoms with E-state index in [0.717, 1.165) is 19.3 Å². The molecule has 0 bridgehead atoms. The van der Waals surface area contributed by atoms with Gasteiger partial charge in [-0.1, -0.05) is 73.1 Å². The minimum Gasteiger partial charge on any atom is -0.459 e. The van der Waals surface area contributed by atoms with Gasteiger partial charge >= 0.3 is 5.97 Å². The molecule has 0 radical (unpaired) electrons. The number of hydrogen-bond acceptors (Lipinski definition) is 15. The van der Waals surface area contributed by atoms with Crippen LogP contribution in [0.3, 0.4) is 0 Å². The smallest absolute Gasteiger partial charge is 0.333 e. The van der Waals surface area contributed by atoms with E-state index >= 15 is 0 Å². The van der Waals surface area contributed by atoms with Crippen LogP contribution >= 0.6 is 0 Å². The average Bonchev–Trinajstić information content (AvgIpc) is 3.16. The Kier molecular flexibility index (Phi) is 23.2. The van der Waals surface area contributed by atoms with Gasteiger partial charge in [-0.05, 0) is 62.5 Å². The molecule has 0 amide bonds. The van der Waals surface area contributed by atoms with Gasteiger partial charge in [-0.15, -0.1) is 0 Å². The Labute approximate surface area is 333 Å². The second kappa shape index (κ2) is 24.9. The number of aliphatic hydroxyl groups excluding tert-OH is 11. The maximum Gasteiger partial charge on any atom is 0.333 e. The summed E-state index contributed by atoms with van der Waals surface area (Å²) in [5.74, 6) is -1.37. The Morgan fingerprint density at radius 1 is 0.696 bits per heavy atom. The predicted molar refractivity (Wildman–Crippen MR) is 209 cm³/mol. The minimum absolute atomic E-state index is 0.0574. The van der Waals surface area contributed by atoms with Crippen molar-refractivity contribution in [2.24, 2.45) is 35.5 Å². The normalized spacial score (nSPS) is 28.5. The number of rotatable bonds is 24. The number of carbonyl (C=O) groups excluding carboxylic acids is 1. The van der Waals surface area contributed by atoms with Crippen molar-refractivity contribution in [2.75, 3.05) is 19.8 Å². The number of esters is 1. The van der Waals surface area contributed by atoms with Crippen LogP contribution in [0, 0.1) is 35.5 Å². The highest BCUT2D eigenvalue weighted by atomic mass is 16.7. The fraction of sp³-hybridized carbons (Fsp3) is 0.829.